The third-order valence-electron chi connectivity index (χ3n) is 3.61. The SMILES string of the molecule is NCC(CC(=O)O)c1ccc(Cl)c(-c2ccc(C(=O)O)cc2)c1. The standard InChI is InChI=1S/C17H16ClNO4/c18-15-6-5-12(13(9-19)8-16(20)21)7-14(15)10-1-3-11(4-2-10)17(22)23/h1-7,13H,8-9,19H2,(H,20,21)(H,22,23). The average molecular weight is 334 g/mol. The Hall–Kier alpha value is -2.37. The maximum Gasteiger partial charge on any atom is 0.335 e. The van der Waals surface area contributed by atoms with Crippen molar-refractivity contribution in [1.82, 2.24) is 0 Å². The minimum atomic E-state index is -0.999. The molecule has 120 valence electrons. The highest BCUT2D eigenvalue weighted by Gasteiger charge is 2.16. The fourth-order valence-corrected chi connectivity index (χ4v) is 2.59. The number of halogens is 1. The van der Waals surface area contributed by atoms with Crippen LogP contribution in [0.2, 0.25) is 5.02 Å². The van der Waals surface area contributed by atoms with Crippen LogP contribution < -0.4 is 5.73 Å². The van der Waals surface area contributed by atoms with E-state index < -0.39 is 11.9 Å². The molecule has 0 bridgehead atoms. The second kappa shape index (κ2) is 7.26. The van der Waals surface area contributed by atoms with Gasteiger partial charge in [0.05, 0.1) is 12.0 Å². The summed E-state index contributed by atoms with van der Waals surface area (Å²) in [6.45, 7) is 0.214. The molecule has 5 nitrogen and oxygen atoms in total. The highest BCUT2D eigenvalue weighted by atomic mass is 35.5. The molecule has 0 fully saturated rings. The van der Waals surface area contributed by atoms with Gasteiger partial charge < -0.3 is 15.9 Å². The Morgan fingerprint density at radius 3 is 2.26 bits per heavy atom. The Morgan fingerprint density at radius 1 is 1.09 bits per heavy atom. The zero-order valence-electron chi connectivity index (χ0n) is 12.2. The van der Waals surface area contributed by atoms with E-state index >= 15 is 0 Å². The van der Waals surface area contributed by atoms with Crippen LogP contribution in [0.4, 0.5) is 0 Å². The number of aromatic carboxylic acids is 1. The fraction of sp³-hybridized carbons (Fsp3) is 0.176. The minimum absolute atomic E-state index is 0.0600. The van der Waals surface area contributed by atoms with Gasteiger partial charge in [0, 0.05) is 16.5 Å². The summed E-state index contributed by atoms with van der Waals surface area (Å²) in [4.78, 5) is 21.8. The Morgan fingerprint density at radius 2 is 1.74 bits per heavy atom. The first-order valence-electron chi connectivity index (χ1n) is 6.97. The largest absolute Gasteiger partial charge is 0.481 e. The summed E-state index contributed by atoms with van der Waals surface area (Å²) >= 11 is 6.22. The normalized spacial score (nSPS) is 11.9. The van der Waals surface area contributed by atoms with E-state index in [0.29, 0.717) is 10.6 Å². The van der Waals surface area contributed by atoms with Crippen LogP contribution in [0.3, 0.4) is 0 Å². The van der Waals surface area contributed by atoms with Crippen LogP contribution >= 0.6 is 11.6 Å². The topological polar surface area (TPSA) is 101 Å². The molecular formula is C17H16ClNO4. The van der Waals surface area contributed by atoms with Gasteiger partial charge in [-0.15, -0.1) is 0 Å². The summed E-state index contributed by atoms with van der Waals surface area (Å²) in [5.74, 6) is -2.22. The maximum atomic E-state index is 10.9. The molecule has 0 spiro atoms. The van der Waals surface area contributed by atoms with Gasteiger partial charge in [0.1, 0.15) is 0 Å². The molecule has 0 radical (unpaired) electrons. The molecule has 0 heterocycles. The van der Waals surface area contributed by atoms with E-state index in [1.54, 1.807) is 30.3 Å². The summed E-state index contributed by atoms with van der Waals surface area (Å²) in [6.07, 6.45) is -0.0600. The van der Waals surface area contributed by atoms with Crippen molar-refractivity contribution in [3.8, 4) is 11.1 Å². The van der Waals surface area contributed by atoms with Gasteiger partial charge in [-0.1, -0.05) is 29.8 Å². The predicted octanol–water partition coefficient (Wildman–Crippen LogP) is 3.22. The Bertz CT molecular complexity index is 728. The quantitative estimate of drug-likeness (QED) is 0.753. The molecule has 2 aromatic rings. The van der Waals surface area contributed by atoms with Gasteiger partial charge in [0.15, 0.2) is 0 Å². The lowest BCUT2D eigenvalue weighted by atomic mass is 9.92. The molecule has 0 aromatic heterocycles. The lowest BCUT2D eigenvalue weighted by Crippen LogP contribution is -2.16. The first kappa shape index (κ1) is 17.0. The number of carbonyl (C=O) groups is 2. The highest BCUT2D eigenvalue weighted by Crippen LogP contribution is 2.32. The van der Waals surface area contributed by atoms with Gasteiger partial charge in [0.2, 0.25) is 0 Å². The molecule has 1 unspecified atom stereocenters. The van der Waals surface area contributed by atoms with Crippen LogP contribution in [0.25, 0.3) is 11.1 Å². The zero-order valence-corrected chi connectivity index (χ0v) is 13.0. The van der Waals surface area contributed by atoms with Crippen molar-refractivity contribution >= 4 is 23.5 Å². The van der Waals surface area contributed by atoms with Crippen molar-refractivity contribution in [2.24, 2.45) is 5.73 Å². The summed E-state index contributed by atoms with van der Waals surface area (Å²) in [5, 5.41) is 18.4. The van der Waals surface area contributed by atoms with Crippen LogP contribution in [-0.2, 0) is 4.79 Å². The molecule has 23 heavy (non-hydrogen) atoms. The van der Waals surface area contributed by atoms with Crippen LogP contribution in [0, 0.1) is 0 Å². The molecule has 0 amide bonds. The van der Waals surface area contributed by atoms with Gasteiger partial charge in [-0.25, -0.2) is 4.79 Å². The molecule has 2 aromatic carbocycles. The van der Waals surface area contributed by atoms with Crippen molar-refractivity contribution in [1.29, 1.82) is 0 Å². The molecule has 0 aliphatic rings. The number of rotatable bonds is 6. The monoisotopic (exact) mass is 333 g/mol. The number of aliphatic carboxylic acids is 1. The van der Waals surface area contributed by atoms with Crippen molar-refractivity contribution in [2.45, 2.75) is 12.3 Å². The number of benzene rings is 2. The van der Waals surface area contributed by atoms with Crippen LogP contribution in [0.1, 0.15) is 28.3 Å². The number of nitrogens with two attached hydrogens (primary N) is 1. The predicted molar refractivity (Wildman–Crippen MR) is 87.9 cm³/mol. The molecule has 0 aliphatic carbocycles. The van der Waals surface area contributed by atoms with E-state index in [2.05, 4.69) is 0 Å². The summed E-state index contributed by atoms with van der Waals surface area (Å²) in [6, 6.07) is 11.6. The molecule has 4 N–H and O–H groups in total. The van der Waals surface area contributed by atoms with Crippen molar-refractivity contribution < 1.29 is 19.8 Å². The highest BCUT2D eigenvalue weighted by molar-refractivity contribution is 6.33. The number of hydrogen-bond donors (Lipinski definition) is 3. The first-order valence-corrected chi connectivity index (χ1v) is 7.35. The Labute approximate surface area is 138 Å². The summed E-state index contributed by atoms with van der Waals surface area (Å²) < 4.78 is 0. The Kier molecular flexibility index (Phi) is 5.36. The lowest BCUT2D eigenvalue weighted by Gasteiger charge is -2.15. The summed E-state index contributed by atoms with van der Waals surface area (Å²) in [7, 11) is 0. The third kappa shape index (κ3) is 4.09. The second-order valence-electron chi connectivity index (χ2n) is 5.15. The number of carboxylic acids is 2. The van der Waals surface area contributed by atoms with Crippen LogP contribution in [0.15, 0.2) is 42.5 Å². The molecule has 1 atom stereocenters. The van der Waals surface area contributed by atoms with Crippen molar-refractivity contribution in [3.63, 3.8) is 0 Å². The average Bonchev–Trinajstić information content (AvgIpc) is 2.53. The van der Waals surface area contributed by atoms with E-state index in [0.717, 1.165) is 11.1 Å². The smallest absolute Gasteiger partial charge is 0.335 e. The maximum absolute atomic E-state index is 10.9. The molecule has 0 saturated carbocycles. The van der Waals surface area contributed by atoms with Gasteiger partial charge in [0.25, 0.3) is 0 Å². The van der Waals surface area contributed by atoms with E-state index in [1.165, 1.54) is 12.1 Å². The van der Waals surface area contributed by atoms with E-state index in [4.69, 9.17) is 27.5 Å². The fourth-order valence-electron chi connectivity index (χ4n) is 2.36. The zero-order chi connectivity index (χ0) is 17.0. The molecule has 2 rings (SSSR count). The lowest BCUT2D eigenvalue weighted by molar-refractivity contribution is -0.137. The van der Waals surface area contributed by atoms with Gasteiger partial charge in [-0.3, -0.25) is 4.79 Å². The third-order valence-corrected chi connectivity index (χ3v) is 3.94. The minimum Gasteiger partial charge on any atom is -0.481 e. The molecule has 6 heteroatoms. The second-order valence-corrected chi connectivity index (χ2v) is 5.56. The van der Waals surface area contributed by atoms with Crippen molar-refractivity contribution in [3.05, 3.63) is 58.6 Å². The number of hydrogen-bond acceptors (Lipinski definition) is 3. The molecular weight excluding hydrogens is 318 g/mol. The first-order chi connectivity index (χ1) is 10.9. The van der Waals surface area contributed by atoms with E-state index in [9.17, 15) is 9.59 Å². The van der Waals surface area contributed by atoms with Gasteiger partial charge >= 0.3 is 11.9 Å². The van der Waals surface area contributed by atoms with Gasteiger partial charge in [-0.05, 0) is 41.9 Å². The summed E-state index contributed by atoms with van der Waals surface area (Å²) in [5.41, 5.74) is 8.12. The Balaban J connectivity index is 2.40. The van der Waals surface area contributed by atoms with Crippen molar-refractivity contribution in [2.75, 3.05) is 6.54 Å². The van der Waals surface area contributed by atoms with Crippen LogP contribution in [0.5, 0.6) is 0 Å². The molecule has 0 aliphatic heterocycles. The van der Waals surface area contributed by atoms with E-state index in [1.807, 2.05) is 0 Å². The number of carboxylic acid groups (broad SMARTS) is 2. The molecule has 0 saturated heterocycles. The van der Waals surface area contributed by atoms with Crippen LogP contribution in [-0.4, -0.2) is 28.7 Å². The van der Waals surface area contributed by atoms with E-state index in [-0.39, 0.29) is 24.4 Å². The van der Waals surface area contributed by atoms with Gasteiger partial charge in [-0.2, -0.15) is 0 Å².